The number of hydrogen-bond donors (Lipinski definition) is 5. The second kappa shape index (κ2) is 23.7. The maximum absolute atomic E-state index is 15.5. The van der Waals surface area contributed by atoms with Gasteiger partial charge in [0.1, 0.15) is 18.8 Å². The summed E-state index contributed by atoms with van der Waals surface area (Å²) in [6.07, 6.45) is 23.8. The maximum Gasteiger partial charge on any atom is 0.341 e. The Labute approximate surface area is 298 Å². The van der Waals surface area contributed by atoms with E-state index in [1.54, 1.807) is 0 Å². The number of allylic oxidation sites excluding steroid dienone is 10. The van der Waals surface area contributed by atoms with E-state index in [4.69, 9.17) is 9.26 Å². The third-order valence-electron chi connectivity index (χ3n) is 7.60. The second-order valence-corrected chi connectivity index (χ2v) is 13.8. The normalized spacial score (nSPS) is 22.2. The van der Waals surface area contributed by atoms with Gasteiger partial charge in [0.2, 0.25) is 5.91 Å². The summed E-state index contributed by atoms with van der Waals surface area (Å²) in [6.45, 7) is 2.06. The number of aliphatic hydroxyl groups excluding tert-OH is 1. The first-order valence-electron chi connectivity index (χ1n) is 17.1. The number of aromatic nitrogens is 2. The van der Waals surface area contributed by atoms with Crippen LogP contribution in [-0.4, -0.2) is 77.8 Å². The summed E-state index contributed by atoms with van der Waals surface area (Å²) in [6, 6.07) is 0.997. The number of carbonyl (C=O) groups excluding carboxylic acids is 2. The molecule has 1 aliphatic rings. The highest BCUT2D eigenvalue weighted by atomic mass is 31.2. The Morgan fingerprint density at radius 3 is 2.22 bits per heavy atom. The fraction of sp³-hybridized carbons (Fsp3) is 0.543. The average Bonchev–Trinajstić information content (AvgIpc) is 3.33. The van der Waals surface area contributed by atoms with Crippen molar-refractivity contribution in [1.82, 2.24) is 25.0 Å². The highest BCUT2D eigenvalue weighted by Gasteiger charge is 2.55. The van der Waals surface area contributed by atoms with Crippen molar-refractivity contribution in [3.63, 3.8) is 0 Å². The van der Waals surface area contributed by atoms with E-state index in [1.165, 1.54) is 0 Å². The van der Waals surface area contributed by atoms with Gasteiger partial charge in [-0.3, -0.25) is 28.5 Å². The molecule has 1 saturated heterocycles. The minimum atomic E-state index is -4.04. The van der Waals surface area contributed by atoms with Crippen molar-refractivity contribution in [3.05, 3.63) is 93.9 Å². The van der Waals surface area contributed by atoms with Crippen LogP contribution in [-0.2, 0) is 28.2 Å². The number of esters is 1. The Bertz CT molecular complexity index is 1540. The summed E-state index contributed by atoms with van der Waals surface area (Å²) in [7, 11) is -2.89. The first-order valence-corrected chi connectivity index (χ1v) is 18.7. The van der Waals surface area contributed by atoms with Gasteiger partial charge in [-0.05, 0) is 51.9 Å². The van der Waals surface area contributed by atoms with Gasteiger partial charge >= 0.3 is 19.3 Å². The third kappa shape index (κ3) is 16.4. The number of carbonyl (C=O) groups is 2. The average molecular weight is 738 g/mol. The zero-order valence-corrected chi connectivity index (χ0v) is 30.5. The maximum atomic E-state index is 15.5. The number of aliphatic hydroxyl groups is 1. The third-order valence-corrected chi connectivity index (χ3v) is 9.33. The molecule has 284 valence electrons. The van der Waals surface area contributed by atoms with Crippen molar-refractivity contribution in [1.29, 1.82) is 0 Å². The van der Waals surface area contributed by atoms with Crippen LogP contribution in [0.4, 0.5) is 4.39 Å². The molecule has 2 rings (SSSR count). The zero-order chi connectivity index (χ0) is 37.5. The van der Waals surface area contributed by atoms with Crippen LogP contribution in [0.25, 0.3) is 0 Å². The molecule has 16 heteroatoms. The van der Waals surface area contributed by atoms with E-state index < -0.39 is 62.1 Å². The van der Waals surface area contributed by atoms with Gasteiger partial charge < -0.3 is 24.4 Å². The number of halogens is 1. The first kappa shape index (κ1) is 43.4. The lowest BCUT2D eigenvalue weighted by Gasteiger charge is -2.25. The van der Waals surface area contributed by atoms with Crippen molar-refractivity contribution in [2.45, 2.75) is 89.3 Å². The summed E-state index contributed by atoms with van der Waals surface area (Å²) < 4.78 is 45.4. The van der Waals surface area contributed by atoms with E-state index in [9.17, 15) is 28.8 Å². The molecule has 0 spiro atoms. The van der Waals surface area contributed by atoms with Gasteiger partial charge in [-0.1, -0.05) is 67.7 Å². The smallest absolute Gasteiger partial charge is 0.341 e. The van der Waals surface area contributed by atoms with Crippen molar-refractivity contribution >= 4 is 19.5 Å². The molecule has 1 aromatic heterocycles. The van der Waals surface area contributed by atoms with E-state index in [-0.39, 0.29) is 19.0 Å². The molecule has 1 aromatic rings. The molecule has 0 bridgehead atoms. The second-order valence-electron chi connectivity index (χ2n) is 11.8. The monoisotopic (exact) mass is 737 g/mol. The van der Waals surface area contributed by atoms with Crippen molar-refractivity contribution in [2.24, 2.45) is 0 Å². The van der Waals surface area contributed by atoms with Gasteiger partial charge in [0, 0.05) is 31.8 Å². The lowest BCUT2D eigenvalue weighted by molar-refractivity contribution is -0.139. The fourth-order valence-electron chi connectivity index (χ4n) is 4.77. The van der Waals surface area contributed by atoms with E-state index in [1.807, 2.05) is 11.1 Å². The van der Waals surface area contributed by atoms with Crippen LogP contribution in [0.15, 0.2) is 82.6 Å². The molecule has 2 heterocycles. The van der Waals surface area contributed by atoms with E-state index in [0.29, 0.717) is 12.8 Å². The zero-order valence-electron chi connectivity index (χ0n) is 29.6. The molecule has 0 radical (unpaired) electrons. The topological polar surface area (TPSA) is 190 Å². The predicted octanol–water partition coefficient (Wildman–Crippen LogP) is 4.04. The summed E-state index contributed by atoms with van der Waals surface area (Å²) in [5.74, 6) is -0.942. The Hall–Kier alpha value is -3.72. The SMILES string of the molecule is CCC=CCC=CCC=CCC=CCC=CCCCC(=O)NCCNP(=O)(NCC(=O)OC)OCC1OC(n2ccc(=O)[nH]c2=O)C(C)(F)C1O. The van der Waals surface area contributed by atoms with Crippen molar-refractivity contribution < 1.29 is 37.6 Å². The summed E-state index contributed by atoms with van der Waals surface area (Å²) in [5, 5.41) is 18.4. The fourth-order valence-corrected chi connectivity index (χ4v) is 6.17. The number of nitrogens with zero attached hydrogens (tertiary/aromatic N) is 1. The molecule has 14 nitrogen and oxygen atoms in total. The van der Waals surface area contributed by atoms with Gasteiger partial charge in [-0.25, -0.2) is 19.4 Å². The molecule has 5 atom stereocenters. The number of rotatable bonds is 24. The van der Waals surface area contributed by atoms with Crippen LogP contribution in [0.2, 0.25) is 0 Å². The van der Waals surface area contributed by atoms with Crippen LogP contribution in [0, 0.1) is 0 Å². The Morgan fingerprint density at radius 2 is 1.63 bits per heavy atom. The molecule has 0 aliphatic carbocycles. The molecule has 51 heavy (non-hydrogen) atoms. The predicted molar refractivity (Wildman–Crippen MR) is 194 cm³/mol. The number of alkyl halides is 1. The standard InChI is InChI=1S/C35H53FN5O9P/c1-4-5-6-7-8-9-10-11-12-13-14-15-16-17-18-19-20-21-29(42)37-23-24-38-51(47,39-26-31(44)48-3)49-27-28-32(45)35(2,36)33(50-28)41-25-22-30(43)40-34(41)46/h5-6,8-9,11-12,14-15,17-18,22,25,28,32-33,45H,4,7,10,13,16,19-21,23-24,26-27H2,1-3H3,(H,37,42)(H2,38,39,47)(H,40,43,46). The van der Waals surface area contributed by atoms with Crippen LogP contribution in [0.3, 0.4) is 0 Å². The minimum Gasteiger partial charge on any atom is -0.468 e. The molecule has 1 aliphatic heterocycles. The number of ether oxygens (including phenoxy) is 2. The Balaban J connectivity index is 1.72. The van der Waals surface area contributed by atoms with Crippen LogP contribution in [0.5, 0.6) is 0 Å². The molecular formula is C35H53FN5O9P. The molecule has 5 unspecified atom stereocenters. The molecule has 1 fully saturated rings. The Kier molecular flexibility index (Phi) is 20.2. The summed E-state index contributed by atoms with van der Waals surface area (Å²) in [5.41, 5.74) is -4.14. The summed E-state index contributed by atoms with van der Waals surface area (Å²) >= 11 is 0. The van der Waals surface area contributed by atoms with Gasteiger partial charge in [0.05, 0.1) is 13.7 Å². The largest absolute Gasteiger partial charge is 0.468 e. The number of methoxy groups -OCH3 is 1. The highest BCUT2D eigenvalue weighted by molar-refractivity contribution is 7.54. The Morgan fingerprint density at radius 1 is 1.02 bits per heavy atom. The van der Waals surface area contributed by atoms with Crippen LogP contribution in [0.1, 0.15) is 71.4 Å². The highest BCUT2D eigenvalue weighted by Crippen LogP contribution is 2.43. The van der Waals surface area contributed by atoms with E-state index in [2.05, 4.69) is 81.8 Å². The van der Waals surface area contributed by atoms with Crippen LogP contribution < -0.4 is 26.7 Å². The number of aromatic amines is 1. The lowest BCUT2D eigenvalue weighted by Crippen LogP contribution is -2.44. The quantitative estimate of drug-likeness (QED) is 0.0446. The van der Waals surface area contributed by atoms with Crippen molar-refractivity contribution in [2.75, 3.05) is 33.4 Å². The summed E-state index contributed by atoms with van der Waals surface area (Å²) in [4.78, 5) is 49.6. The number of H-pyrrole nitrogens is 1. The van der Waals surface area contributed by atoms with Gasteiger partial charge in [0.15, 0.2) is 11.9 Å². The van der Waals surface area contributed by atoms with Crippen molar-refractivity contribution in [3.8, 4) is 0 Å². The van der Waals surface area contributed by atoms with Crippen LogP contribution >= 0.6 is 7.67 Å². The van der Waals surface area contributed by atoms with Gasteiger partial charge in [-0.15, -0.1) is 0 Å². The number of nitrogens with one attached hydrogen (secondary N) is 4. The van der Waals surface area contributed by atoms with E-state index >= 15 is 4.39 Å². The minimum absolute atomic E-state index is 0.0315. The lowest BCUT2D eigenvalue weighted by atomic mass is 9.98. The van der Waals surface area contributed by atoms with Gasteiger partial charge in [-0.2, -0.15) is 0 Å². The first-order chi connectivity index (χ1) is 24.4. The molecular weight excluding hydrogens is 684 g/mol. The number of unbranched alkanes of at least 4 members (excludes halogenated alkanes) is 1. The molecule has 1 amide bonds. The number of amides is 1. The molecule has 0 saturated carbocycles. The molecule has 0 aromatic carbocycles. The van der Waals surface area contributed by atoms with E-state index in [0.717, 1.165) is 69.4 Å². The van der Waals surface area contributed by atoms with Gasteiger partial charge in [0.25, 0.3) is 5.56 Å². The molecule has 5 N–H and O–H groups in total. The number of hydrogen-bond acceptors (Lipinski definition) is 9.